The van der Waals surface area contributed by atoms with Crippen LogP contribution >= 0.6 is 0 Å². The van der Waals surface area contributed by atoms with Gasteiger partial charge in [-0.05, 0) is 89.8 Å². The molecule has 8 nitrogen and oxygen atoms in total. The van der Waals surface area contributed by atoms with Gasteiger partial charge in [0.2, 0.25) is 5.75 Å². The molecule has 8 rings (SSSR count). The van der Waals surface area contributed by atoms with Gasteiger partial charge < -0.3 is 33.7 Å². The van der Waals surface area contributed by atoms with Crippen molar-refractivity contribution < 1.29 is 28.8 Å². The molecule has 4 aliphatic heterocycles. The fourth-order valence-electron chi connectivity index (χ4n) is 6.71. The number of likely N-dealkylation sites (N-methyl/N-ethyl adjacent to an activating group) is 2. The average molecular weight is 607 g/mol. The Morgan fingerprint density at radius 3 is 2.29 bits per heavy atom. The highest BCUT2D eigenvalue weighted by atomic mass is 16.5. The summed E-state index contributed by atoms with van der Waals surface area (Å²) in [7, 11) is 9.08. The van der Waals surface area contributed by atoms with Gasteiger partial charge in [0.1, 0.15) is 5.75 Å². The summed E-state index contributed by atoms with van der Waals surface area (Å²) in [5.41, 5.74) is 5.64. The van der Waals surface area contributed by atoms with E-state index in [9.17, 15) is 5.11 Å². The molecule has 45 heavy (non-hydrogen) atoms. The molecule has 4 aromatic carbocycles. The van der Waals surface area contributed by atoms with Gasteiger partial charge in [-0.25, -0.2) is 0 Å². The molecule has 0 aromatic heterocycles. The summed E-state index contributed by atoms with van der Waals surface area (Å²) < 4.78 is 30.4. The fraction of sp³-hybridized carbons (Fsp3) is 0.297. The van der Waals surface area contributed by atoms with E-state index in [1.165, 1.54) is 16.7 Å². The van der Waals surface area contributed by atoms with Crippen molar-refractivity contribution in [3.8, 4) is 46.0 Å². The maximum absolute atomic E-state index is 11.6. The van der Waals surface area contributed by atoms with Gasteiger partial charge in [0.15, 0.2) is 34.5 Å². The zero-order valence-electron chi connectivity index (χ0n) is 26.3. The summed E-state index contributed by atoms with van der Waals surface area (Å²) in [6.45, 7) is 1.63. The molecule has 0 saturated heterocycles. The van der Waals surface area contributed by atoms with Crippen LogP contribution in [-0.4, -0.2) is 63.4 Å². The highest BCUT2D eigenvalue weighted by molar-refractivity contribution is 5.65. The van der Waals surface area contributed by atoms with E-state index in [-0.39, 0.29) is 11.8 Å². The predicted molar refractivity (Wildman–Crippen MR) is 173 cm³/mol. The van der Waals surface area contributed by atoms with Crippen LogP contribution in [0.25, 0.3) is 11.8 Å². The highest BCUT2D eigenvalue weighted by Gasteiger charge is 2.29. The summed E-state index contributed by atoms with van der Waals surface area (Å²) in [4.78, 5) is 4.57. The summed E-state index contributed by atoms with van der Waals surface area (Å²) in [5.74, 6) is 3.84. The normalized spacial score (nSPS) is 17.2. The summed E-state index contributed by atoms with van der Waals surface area (Å²) >= 11 is 0. The molecule has 4 aromatic rings. The SMILES string of the molecule is COc1ccc2cc1Oc1ccc(cc1)CC1c3cc(c(OC)cc3CCN1C)Oc1c(O)c(OC)cc3c1=C(C2)N(C)CC=3. The molecule has 0 fully saturated rings. The third kappa shape index (κ3) is 5.19. The Morgan fingerprint density at radius 1 is 0.800 bits per heavy atom. The number of nitrogens with zero attached hydrogens (tertiary/aromatic N) is 2. The van der Waals surface area contributed by atoms with Gasteiger partial charge >= 0.3 is 0 Å². The molecular weight excluding hydrogens is 568 g/mol. The number of fused-ring (bicyclic) bond motifs is 2. The van der Waals surface area contributed by atoms with E-state index in [2.05, 4.69) is 47.2 Å². The average Bonchev–Trinajstić information content (AvgIpc) is 3.05. The van der Waals surface area contributed by atoms with E-state index in [4.69, 9.17) is 23.7 Å². The fourth-order valence-corrected chi connectivity index (χ4v) is 6.71. The predicted octanol–water partition coefficient (Wildman–Crippen LogP) is 5.16. The van der Waals surface area contributed by atoms with E-state index in [1.54, 1.807) is 21.3 Å². The number of methoxy groups -OCH3 is 3. The van der Waals surface area contributed by atoms with E-state index in [0.29, 0.717) is 47.5 Å². The molecule has 4 heterocycles. The van der Waals surface area contributed by atoms with Gasteiger partial charge in [0, 0.05) is 43.5 Å². The van der Waals surface area contributed by atoms with Crippen molar-refractivity contribution in [3.05, 3.63) is 93.4 Å². The second kappa shape index (κ2) is 11.6. The third-order valence-corrected chi connectivity index (χ3v) is 9.25. The molecule has 4 aliphatic rings. The van der Waals surface area contributed by atoms with Crippen LogP contribution in [0.3, 0.4) is 0 Å². The number of ether oxygens (including phenoxy) is 5. The third-order valence-electron chi connectivity index (χ3n) is 9.25. The maximum Gasteiger partial charge on any atom is 0.202 e. The van der Waals surface area contributed by atoms with Crippen LogP contribution in [0.2, 0.25) is 0 Å². The van der Waals surface area contributed by atoms with Crippen molar-refractivity contribution in [1.82, 2.24) is 9.80 Å². The molecule has 0 saturated carbocycles. The zero-order chi connectivity index (χ0) is 31.2. The first-order valence-corrected chi connectivity index (χ1v) is 15.2. The molecule has 0 amide bonds. The zero-order valence-corrected chi connectivity index (χ0v) is 26.3. The second-order valence-electron chi connectivity index (χ2n) is 11.9. The van der Waals surface area contributed by atoms with Gasteiger partial charge in [-0.2, -0.15) is 0 Å². The van der Waals surface area contributed by atoms with Gasteiger partial charge in [0.05, 0.1) is 21.3 Å². The standard InChI is InChI=1S/C37H38N2O6/c1-38-14-12-24-19-31(42-4)33-21-27(24)28(38)16-22-6-9-26(10-7-22)44-32-18-23(8-11-30(32)41-3)17-29-35-25(13-15-39(29)2)20-34(43-5)36(40)37(35)45-33/h6-11,13,18-21,28,40H,12,14-17H2,1-5H3. The lowest BCUT2D eigenvalue weighted by Gasteiger charge is -2.35. The number of hydrogen-bond donors (Lipinski definition) is 1. The van der Waals surface area contributed by atoms with Crippen LogP contribution in [0.15, 0.2) is 60.7 Å². The van der Waals surface area contributed by atoms with Crippen LogP contribution in [-0.2, 0) is 19.3 Å². The van der Waals surface area contributed by atoms with E-state index in [0.717, 1.165) is 46.8 Å². The molecule has 1 N–H and O–H groups in total. The Labute approximate surface area is 263 Å². The number of rotatable bonds is 3. The Hall–Kier alpha value is -4.82. The topological polar surface area (TPSA) is 72.9 Å². The quantitative estimate of drug-likeness (QED) is 0.343. The Kier molecular flexibility index (Phi) is 7.45. The molecule has 0 radical (unpaired) electrons. The van der Waals surface area contributed by atoms with Crippen molar-refractivity contribution in [2.75, 3.05) is 48.5 Å². The van der Waals surface area contributed by atoms with Crippen molar-refractivity contribution in [3.63, 3.8) is 0 Å². The summed E-state index contributed by atoms with van der Waals surface area (Å²) in [5, 5.41) is 13.4. The minimum atomic E-state index is -0.0569. The Morgan fingerprint density at radius 2 is 1.53 bits per heavy atom. The van der Waals surface area contributed by atoms with Crippen molar-refractivity contribution in [2.45, 2.75) is 25.3 Å². The van der Waals surface area contributed by atoms with Gasteiger partial charge in [-0.15, -0.1) is 0 Å². The van der Waals surface area contributed by atoms with Gasteiger partial charge in [-0.3, -0.25) is 4.90 Å². The number of phenolic OH excluding ortho intramolecular Hbond substituents is 1. The minimum absolute atomic E-state index is 0.0569. The number of phenols is 1. The lowest BCUT2D eigenvalue weighted by molar-refractivity contribution is 0.228. The van der Waals surface area contributed by atoms with E-state index < -0.39 is 0 Å². The van der Waals surface area contributed by atoms with Crippen molar-refractivity contribution >= 4 is 11.8 Å². The summed E-state index contributed by atoms with van der Waals surface area (Å²) in [6, 6.07) is 20.5. The largest absolute Gasteiger partial charge is 0.502 e. The first-order chi connectivity index (χ1) is 21.9. The maximum atomic E-state index is 11.6. The van der Waals surface area contributed by atoms with Crippen LogP contribution in [0.1, 0.15) is 28.3 Å². The lowest BCUT2D eigenvalue weighted by Crippen LogP contribution is -2.40. The molecule has 1 atom stereocenters. The molecule has 232 valence electrons. The number of benzene rings is 4. The molecule has 6 bridgehead atoms. The first-order valence-electron chi connectivity index (χ1n) is 15.2. The molecule has 1 unspecified atom stereocenters. The Balaban J connectivity index is 1.51. The van der Waals surface area contributed by atoms with Crippen LogP contribution < -0.4 is 34.1 Å². The van der Waals surface area contributed by atoms with Crippen LogP contribution in [0, 0.1) is 0 Å². The van der Waals surface area contributed by atoms with Crippen molar-refractivity contribution in [2.24, 2.45) is 0 Å². The second-order valence-corrected chi connectivity index (χ2v) is 11.9. The molecule has 0 spiro atoms. The number of hydrogen-bond acceptors (Lipinski definition) is 8. The monoisotopic (exact) mass is 606 g/mol. The van der Waals surface area contributed by atoms with Gasteiger partial charge in [-0.1, -0.05) is 24.3 Å². The van der Waals surface area contributed by atoms with E-state index in [1.807, 2.05) is 43.4 Å². The smallest absolute Gasteiger partial charge is 0.202 e. The first kappa shape index (κ1) is 28.9. The molecular formula is C37H38N2O6. The van der Waals surface area contributed by atoms with Gasteiger partial charge in [0.25, 0.3) is 0 Å². The van der Waals surface area contributed by atoms with Crippen molar-refractivity contribution in [1.29, 1.82) is 0 Å². The minimum Gasteiger partial charge on any atom is -0.502 e. The highest BCUT2D eigenvalue weighted by Crippen LogP contribution is 2.43. The lowest BCUT2D eigenvalue weighted by atomic mass is 9.88. The van der Waals surface area contributed by atoms with Crippen LogP contribution in [0.4, 0.5) is 0 Å². The van der Waals surface area contributed by atoms with Crippen LogP contribution in [0.5, 0.6) is 46.0 Å². The molecule has 8 heteroatoms. The summed E-state index contributed by atoms with van der Waals surface area (Å²) in [6.07, 6.45) is 4.40. The number of aromatic hydroxyl groups is 1. The Bertz CT molecular complexity index is 1900. The molecule has 0 aliphatic carbocycles. The van der Waals surface area contributed by atoms with E-state index >= 15 is 0 Å².